The van der Waals surface area contributed by atoms with Crippen molar-refractivity contribution >= 4 is 23.9 Å². The molecule has 10 heteroatoms. The smallest absolute Gasteiger partial charge is 0.433 e. The fourth-order valence-corrected chi connectivity index (χ4v) is 2.58. The van der Waals surface area contributed by atoms with Crippen LogP contribution in [0.3, 0.4) is 0 Å². The number of carbonyl (C=O) groups is 2. The minimum Gasteiger partial charge on any atom is -0.459 e. The van der Waals surface area contributed by atoms with Gasteiger partial charge >= 0.3 is 12.1 Å². The molecule has 0 aliphatic carbocycles. The predicted octanol–water partition coefficient (Wildman–Crippen LogP) is 4.28. The molecule has 0 aliphatic heterocycles. The molecule has 1 aromatic heterocycles. The van der Waals surface area contributed by atoms with E-state index >= 15 is 0 Å². The number of hydrogen-bond donors (Lipinski definition) is 0. The van der Waals surface area contributed by atoms with Crippen molar-refractivity contribution in [2.45, 2.75) is 26.1 Å². The van der Waals surface area contributed by atoms with Crippen molar-refractivity contribution < 1.29 is 31.9 Å². The molecule has 0 saturated heterocycles. The molecule has 5 nitrogen and oxygen atoms in total. The van der Waals surface area contributed by atoms with Crippen LogP contribution in [-0.4, -0.2) is 28.1 Å². The molecule has 2 aromatic rings. The van der Waals surface area contributed by atoms with Crippen molar-refractivity contribution in [2.24, 2.45) is 7.05 Å². The lowest BCUT2D eigenvalue weighted by Gasteiger charge is -2.11. The Bertz CT molecular complexity index is 875. The average Bonchev–Trinajstić information content (AvgIpc) is 2.82. The van der Waals surface area contributed by atoms with Crippen LogP contribution in [0.15, 0.2) is 12.1 Å². The van der Waals surface area contributed by atoms with Gasteiger partial charge in [0.1, 0.15) is 11.5 Å². The van der Waals surface area contributed by atoms with Gasteiger partial charge in [-0.1, -0.05) is 11.6 Å². The van der Waals surface area contributed by atoms with E-state index in [0.29, 0.717) is 4.68 Å². The Morgan fingerprint density at radius 1 is 1.35 bits per heavy atom. The zero-order chi connectivity index (χ0) is 19.8. The quantitative estimate of drug-likeness (QED) is 0.443. The molecule has 1 heterocycles. The van der Waals surface area contributed by atoms with Gasteiger partial charge in [0.25, 0.3) is 0 Å². The maximum absolute atomic E-state index is 14.3. The summed E-state index contributed by atoms with van der Waals surface area (Å²) < 4.78 is 59.1. The van der Waals surface area contributed by atoms with E-state index in [2.05, 4.69) is 5.10 Å². The number of esters is 1. The van der Waals surface area contributed by atoms with Gasteiger partial charge in [-0.2, -0.15) is 18.3 Å². The van der Waals surface area contributed by atoms with E-state index in [4.69, 9.17) is 16.3 Å². The Kier molecular flexibility index (Phi) is 5.41. The van der Waals surface area contributed by atoms with Gasteiger partial charge in [0, 0.05) is 12.6 Å². The third-order valence-electron chi connectivity index (χ3n) is 3.34. The Labute approximate surface area is 150 Å². The van der Waals surface area contributed by atoms with E-state index in [-0.39, 0.29) is 16.9 Å². The first-order valence-corrected chi connectivity index (χ1v) is 7.65. The number of aromatic nitrogens is 2. The first-order chi connectivity index (χ1) is 12.0. The number of hydrogen-bond acceptors (Lipinski definition) is 4. The maximum Gasteiger partial charge on any atom is 0.433 e. The van der Waals surface area contributed by atoms with E-state index in [0.717, 1.165) is 19.2 Å². The summed E-state index contributed by atoms with van der Waals surface area (Å²) in [5, 5.41) is 3.32. The Morgan fingerprint density at radius 3 is 2.46 bits per heavy atom. The summed E-state index contributed by atoms with van der Waals surface area (Å²) in [5.41, 5.74) is -3.46. The zero-order valence-corrected chi connectivity index (χ0v) is 14.6. The topological polar surface area (TPSA) is 61.2 Å². The summed E-state index contributed by atoms with van der Waals surface area (Å²) >= 11 is 5.83. The average molecular weight is 393 g/mol. The lowest BCUT2D eigenvalue weighted by molar-refractivity contribution is -0.143. The van der Waals surface area contributed by atoms with Crippen LogP contribution < -0.4 is 0 Å². The zero-order valence-electron chi connectivity index (χ0n) is 13.8. The first kappa shape index (κ1) is 19.9. The maximum atomic E-state index is 14.3. The Hall–Kier alpha value is -2.42. The summed E-state index contributed by atoms with van der Waals surface area (Å²) in [5.74, 6) is -1.92. The van der Waals surface area contributed by atoms with E-state index in [1.807, 2.05) is 0 Å². The van der Waals surface area contributed by atoms with E-state index in [9.17, 15) is 27.2 Å². The van der Waals surface area contributed by atoms with Gasteiger partial charge in [-0.05, 0) is 26.0 Å². The normalized spacial score (nSPS) is 11.7. The number of rotatable bonds is 4. The van der Waals surface area contributed by atoms with Crippen LogP contribution in [-0.2, 0) is 18.0 Å². The number of ether oxygens (including phenoxy) is 1. The number of carbonyl (C=O) groups excluding carboxylic acids is 2. The van der Waals surface area contributed by atoms with Crippen LogP contribution in [0.4, 0.5) is 17.6 Å². The third kappa shape index (κ3) is 3.72. The van der Waals surface area contributed by atoms with Crippen LogP contribution >= 0.6 is 11.6 Å². The van der Waals surface area contributed by atoms with Crippen molar-refractivity contribution in [2.75, 3.05) is 0 Å². The van der Waals surface area contributed by atoms with Crippen molar-refractivity contribution in [3.05, 3.63) is 39.8 Å². The number of halogens is 5. The van der Waals surface area contributed by atoms with Crippen molar-refractivity contribution in [1.29, 1.82) is 0 Å². The molecule has 0 aliphatic rings. The molecule has 0 radical (unpaired) electrons. The molecule has 0 spiro atoms. The fraction of sp³-hybridized carbons (Fsp3) is 0.312. The van der Waals surface area contributed by atoms with Gasteiger partial charge in [0.05, 0.1) is 22.3 Å². The standard InChI is InChI=1S/C16H13ClF4N2O3/c1-7(2)26-15(25)8-4-9(12(18)5-11(8)17)13-10(6-24)14(16(19,20)21)23(3)22-13/h4-7H,1-3H3. The van der Waals surface area contributed by atoms with Gasteiger partial charge in [-0.15, -0.1) is 0 Å². The lowest BCUT2D eigenvalue weighted by Crippen LogP contribution is -2.14. The second-order valence-electron chi connectivity index (χ2n) is 5.62. The summed E-state index contributed by atoms with van der Waals surface area (Å²) in [4.78, 5) is 23.3. The number of nitrogens with zero attached hydrogens (tertiary/aromatic N) is 2. The summed E-state index contributed by atoms with van der Waals surface area (Å²) in [6.45, 7) is 3.16. The van der Waals surface area contributed by atoms with Gasteiger partial charge in [-0.3, -0.25) is 9.48 Å². The summed E-state index contributed by atoms with van der Waals surface area (Å²) in [6.07, 6.45) is -5.44. The molecule has 1 aromatic carbocycles. The van der Waals surface area contributed by atoms with Gasteiger partial charge in [-0.25, -0.2) is 9.18 Å². The Balaban J connectivity index is 2.70. The summed E-state index contributed by atoms with van der Waals surface area (Å²) in [6, 6.07) is 1.67. The van der Waals surface area contributed by atoms with Crippen LogP contribution in [0.25, 0.3) is 11.3 Å². The van der Waals surface area contributed by atoms with E-state index in [1.165, 1.54) is 0 Å². The molecule has 0 saturated carbocycles. The highest BCUT2D eigenvalue weighted by Gasteiger charge is 2.39. The molecule has 2 rings (SSSR count). The SMILES string of the molecule is CC(C)OC(=O)c1cc(-c2nn(C)c(C(F)(F)F)c2C=O)c(F)cc1Cl. The van der Waals surface area contributed by atoms with Crippen molar-refractivity contribution in [3.63, 3.8) is 0 Å². The molecule has 0 bridgehead atoms. The largest absolute Gasteiger partial charge is 0.459 e. The molecular weight excluding hydrogens is 380 g/mol. The highest BCUT2D eigenvalue weighted by atomic mass is 35.5. The third-order valence-corrected chi connectivity index (χ3v) is 3.66. The molecule has 26 heavy (non-hydrogen) atoms. The minimum atomic E-state index is -4.88. The second-order valence-corrected chi connectivity index (χ2v) is 6.02. The molecule has 0 amide bonds. The van der Waals surface area contributed by atoms with Crippen LogP contribution in [0.5, 0.6) is 0 Å². The van der Waals surface area contributed by atoms with Crippen LogP contribution in [0.2, 0.25) is 5.02 Å². The first-order valence-electron chi connectivity index (χ1n) is 7.27. The molecular formula is C16H13ClF4N2O3. The highest BCUT2D eigenvalue weighted by Crippen LogP contribution is 2.37. The predicted molar refractivity (Wildman–Crippen MR) is 84.6 cm³/mol. The Morgan fingerprint density at radius 2 is 1.96 bits per heavy atom. The lowest BCUT2D eigenvalue weighted by atomic mass is 10.0. The summed E-state index contributed by atoms with van der Waals surface area (Å²) in [7, 11) is 0.973. The van der Waals surface area contributed by atoms with Crippen molar-refractivity contribution in [3.8, 4) is 11.3 Å². The molecule has 0 atom stereocenters. The molecule has 0 unspecified atom stereocenters. The van der Waals surface area contributed by atoms with Gasteiger partial charge in [0.2, 0.25) is 0 Å². The number of aryl methyl sites for hydroxylation is 1. The number of benzene rings is 1. The van der Waals surface area contributed by atoms with Crippen molar-refractivity contribution in [1.82, 2.24) is 9.78 Å². The molecule has 0 fully saturated rings. The van der Waals surface area contributed by atoms with Gasteiger partial charge in [0.15, 0.2) is 12.0 Å². The van der Waals surface area contributed by atoms with E-state index < -0.39 is 46.6 Å². The molecule has 0 N–H and O–H groups in total. The highest BCUT2D eigenvalue weighted by molar-refractivity contribution is 6.33. The minimum absolute atomic E-state index is 0.0642. The monoisotopic (exact) mass is 392 g/mol. The second kappa shape index (κ2) is 7.06. The van der Waals surface area contributed by atoms with Crippen LogP contribution in [0.1, 0.15) is 40.3 Å². The molecule has 140 valence electrons. The van der Waals surface area contributed by atoms with Crippen LogP contribution in [0, 0.1) is 5.82 Å². The number of alkyl halides is 3. The van der Waals surface area contributed by atoms with E-state index in [1.54, 1.807) is 13.8 Å². The number of aldehydes is 1. The fourth-order valence-electron chi connectivity index (χ4n) is 2.35. The van der Waals surface area contributed by atoms with Gasteiger partial charge < -0.3 is 4.74 Å².